The number of ether oxygens (including phenoxy) is 1. The summed E-state index contributed by atoms with van der Waals surface area (Å²) in [7, 11) is 0. The van der Waals surface area contributed by atoms with Crippen molar-refractivity contribution in [1.29, 1.82) is 0 Å². The fraction of sp³-hybridized carbons (Fsp3) is 0.611. The van der Waals surface area contributed by atoms with E-state index in [1.54, 1.807) is 4.90 Å². The fourth-order valence-electron chi connectivity index (χ4n) is 2.96. The van der Waals surface area contributed by atoms with Crippen molar-refractivity contribution in [3.8, 4) is 0 Å². The monoisotopic (exact) mass is 320 g/mol. The minimum absolute atomic E-state index is 0.0225. The van der Waals surface area contributed by atoms with Crippen LogP contribution < -0.4 is 5.32 Å². The third-order valence-electron chi connectivity index (χ3n) is 4.38. The molecule has 1 amide bonds. The molecule has 2 unspecified atom stereocenters. The van der Waals surface area contributed by atoms with Gasteiger partial charge in [-0.25, -0.2) is 4.79 Å². The van der Waals surface area contributed by atoms with Crippen LogP contribution in [-0.4, -0.2) is 54.0 Å². The zero-order chi connectivity index (χ0) is 16.7. The Balaban J connectivity index is 1.74. The normalized spacial score (nSPS) is 18.5. The summed E-state index contributed by atoms with van der Waals surface area (Å²) in [6, 6.07) is 10.4. The Kier molecular flexibility index (Phi) is 6.86. The van der Waals surface area contributed by atoms with Gasteiger partial charge in [0.05, 0.1) is 12.7 Å². The lowest BCUT2D eigenvalue weighted by Crippen LogP contribution is -2.50. The molecule has 5 nitrogen and oxygen atoms in total. The highest BCUT2D eigenvalue weighted by Gasteiger charge is 2.25. The molecule has 1 aromatic carbocycles. The predicted molar refractivity (Wildman–Crippen MR) is 90.4 cm³/mol. The third-order valence-corrected chi connectivity index (χ3v) is 4.38. The molecule has 1 aliphatic heterocycles. The minimum Gasteiger partial charge on any atom is -0.450 e. The topological polar surface area (TPSA) is 61.8 Å². The van der Waals surface area contributed by atoms with Gasteiger partial charge in [0.2, 0.25) is 0 Å². The Morgan fingerprint density at radius 1 is 1.35 bits per heavy atom. The number of carbonyl (C=O) groups excluding carboxylic acids is 1. The molecule has 128 valence electrons. The van der Waals surface area contributed by atoms with E-state index in [1.807, 2.05) is 44.2 Å². The van der Waals surface area contributed by atoms with E-state index in [0.717, 1.165) is 18.4 Å². The highest BCUT2D eigenvalue weighted by atomic mass is 16.6. The van der Waals surface area contributed by atoms with Gasteiger partial charge in [0.25, 0.3) is 0 Å². The number of rotatable bonds is 6. The second-order valence-electron chi connectivity index (χ2n) is 6.17. The molecule has 0 radical (unpaired) electrons. The number of aliphatic hydroxyl groups excluding tert-OH is 1. The summed E-state index contributed by atoms with van der Waals surface area (Å²) in [5, 5.41) is 13.9. The number of nitrogens with zero attached hydrogens (tertiary/aromatic N) is 1. The van der Waals surface area contributed by atoms with Crippen LogP contribution in [0.15, 0.2) is 30.3 Å². The molecule has 1 saturated heterocycles. The van der Waals surface area contributed by atoms with Gasteiger partial charge in [0, 0.05) is 25.2 Å². The molecule has 1 aliphatic rings. The molecule has 1 fully saturated rings. The molecule has 2 atom stereocenters. The lowest BCUT2D eigenvalue weighted by atomic mass is 10.00. The number of nitrogens with one attached hydrogen (secondary N) is 1. The van der Waals surface area contributed by atoms with Crippen molar-refractivity contribution < 1.29 is 14.6 Å². The Bertz CT molecular complexity index is 472. The molecule has 0 spiro atoms. The first kappa shape index (κ1) is 17.8. The number of amides is 1. The van der Waals surface area contributed by atoms with Crippen molar-refractivity contribution >= 4 is 6.09 Å². The first-order valence-corrected chi connectivity index (χ1v) is 8.50. The first-order valence-electron chi connectivity index (χ1n) is 8.50. The average Bonchev–Trinajstić information content (AvgIpc) is 2.56. The summed E-state index contributed by atoms with van der Waals surface area (Å²) in [5.41, 5.74) is 1.14. The van der Waals surface area contributed by atoms with Crippen LogP contribution in [0.3, 0.4) is 0 Å². The van der Waals surface area contributed by atoms with Crippen molar-refractivity contribution in [3.63, 3.8) is 0 Å². The molecular formula is C18H28N2O3. The van der Waals surface area contributed by atoms with Crippen molar-refractivity contribution in [3.05, 3.63) is 35.9 Å². The fourth-order valence-corrected chi connectivity index (χ4v) is 2.96. The summed E-state index contributed by atoms with van der Waals surface area (Å²) in [5.74, 6) is 0. The molecule has 0 saturated carbocycles. The Morgan fingerprint density at radius 2 is 2.00 bits per heavy atom. The maximum absolute atomic E-state index is 11.7. The summed E-state index contributed by atoms with van der Waals surface area (Å²) in [6.45, 7) is 5.67. The molecule has 1 heterocycles. The highest BCUT2D eigenvalue weighted by molar-refractivity contribution is 5.67. The van der Waals surface area contributed by atoms with Crippen molar-refractivity contribution in [2.24, 2.45) is 0 Å². The van der Waals surface area contributed by atoms with Gasteiger partial charge in [-0.2, -0.15) is 0 Å². The van der Waals surface area contributed by atoms with Gasteiger partial charge in [-0.15, -0.1) is 0 Å². The van der Waals surface area contributed by atoms with Gasteiger partial charge in [-0.3, -0.25) is 0 Å². The van der Waals surface area contributed by atoms with Crippen LogP contribution in [0.4, 0.5) is 4.79 Å². The molecule has 0 aliphatic carbocycles. The van der Waals surface area contributed by atoms with Gasteiger partial charge in [-0.05, 0) is 38.7 Å². The molecule has 5 heteroatoms. The summed E-state index contributed by atoms with van der Waals surface area (Å²) in [6.07, 6.45) is 1.79. The zero-order valence-corrected chi connectivity index (χ0v) is 14.1. The van der Waals surface area contributed by atoms with Crippen LogP contribution in [0.5, 0.6) is 0 Å². The Hall–Kier alpha value is -1.59. The zero-order valence-electron chi connectivity index (χ0n) is 14.1. The second-order valence-corrected chi connectivity index (χ2v) is 6.17. The van der Waals surface area contributed by atoms with E-state index in [0.29, 0.717) is 32.2 Å². The van der Waals surface area contributed by atoms with E-state index >= 15 is 0 Å². The number of piperidine rings is 1. The van der Waals surface area contributed by atoms with Crippen LogP contribution in [0, 0.1) is 0 Å². The van der Waals surface area contributed by atoms with Gasteiger partial charge < -0.3 is 20.1 Å². The van der Waals surface area contributed by atoms with Gasteiger partial charge in [-0.1, -0.05) is 30.3 Å². The first-order chi connectivity index (χ1) is 11.1. The standard InChI is InChI=1S/C18H28N2O3/c1-3-23-18(22)20-11-9-16(10-12-20)19-14(2)17(21)13-15-7-5-4-6-8-15/h4-8,14,16-17,19,21H,3,9-13H2,1-2H3. The van der Waals surface area contributed by atoms with E-state index in [2.05, 4.69) is 5.32 Å². The molecule has 0 aromatic heterocycles. The number of hydrogen-bond acceptors (Lipinski definition) is 4. The average molecular weight is 320 g/mol. The van der Waals surface area contributed by atoms with Crippen molar-refractivity contribution in [2.75, 3.05) is 19.7 Å². The van der Waals surface area contributed by atoms with E-state index in [4.69, 9.17) is 4.74 Å². The van der Waals surface area contributed by atoms with E-state index in [1.165, 1.54) is 0 Å². The lowest BCUT2D eigenvalue weighted by molar-refractivity contribution is 0.0872. The molecular weight excluding hydrogens is 292 g/mol. The number of carbonyl (C=O) groups is 1. The Labute approximate surface area is 138 Å². The van der Waals surface area contributed by atoms with E-state index in [-0.39, 0.29) is 12.1 Å². The van der Waals surface area contributed by atoms with Crippen LogP contribution in [0.2, 0.25) is 0 Å². The molecule has 0 bridgehead atoms. The second kappa shape index (κ2) is 8.89. The van der Waals surface area contributed by atoms with Gasteiger partial charge in [0.1, 0.15) is 0 Å². The van der Waals surface area contributed by atoms with Crippen molar-refractivity contribution in [1.82, 2.24) is 10.2 Å². The number of hydrogen-bond donors (Lipinski definition) is 2. The summed E-state index contributed by atoms with van der Waals surface area (Å²) >= 11 is 0. The van der Waals surface area contributed by atoms with Crippen LogP contribution >= 0.6 is 0 Å². The highest BCUT2D eigenvalue weighted by Crippen LogP contribution is 2.14. The van der Waals surface area contributed by atoms with E-state index in [9.17, 15) is 9.90 Å². The number of likely N-dealkylation sites (tertiary alicyclic amines) is 1. The molecule has 1 aromatic rings. The molecule has 2 N–H and O–H groups in total. The smallest absolute Gasteiger partial charge is 0.409 e. The third kappa shape index (κ3) is 5.52. The largest absolute Gasteiger partial charge is 0.450 e. The summed E-state index contributed by atoms with van der Waals surface area (Å²) in [4.78, 5) is 13.4. The van der Waals surface area contributed by atoms with Crippen molar-refractivity contribution in [2.45, 2.75) is 51.3 Å². The Morgan fingerprint density at radius 3 is 2.61 bits per heavy atom. The maximum Gasteiger partial charge on any atom is 0.409 e. The van der Waals surface area contributed by atoms with Crippen LogP contribution in [0.25, 0.3) is 0 Å². The quantitative estimate of drug-likeness (QED) is 0.843. The number of aliphatic hydroxyl groups is 1. The van der Waals surface area contributed by atoms with Crippen LogP contribution in [0.1, 0.15) is 32.3 Å². The lowest BCUT2D eigenvalue weighted by Gasteiger charge is -2.34. The minimum atomic E-state index is -0.416. The van der Waals surface area contributed by atoms with Crippen LogP contribution in [-0.2, 0) is 11.2 Å². The van der Waals surface area contributed by atoms with Gasteiger partial charge in [0.15, 0.2) is 0 Å². The molecule has 23 heavy (non-hydrogen) atoms. The predicted octanol–water partition coefficient (Wildman–Crippen LogP) is 2.19. The molecule has 2 rings (SSSR count). The van der Waals surface area contributed by atoms with Gasteiger partial charge >= 0.3 is 6.09 Å². The summed E-state index contributed by atoms with van der Waals surface area (Å²) < 4.78 is 5.03. The maximum atomic E-state index is 11.7. The number of benzene rings is 1. The SMILES string of the molecule is CCOC(=O)N1CCC(NC(C)C(O)Cc2ccccc2)CC1. The van der Waals surface area contributed by atoms with E-state index < -0.39 is 6.10 Å².